The summed E-state index contributed by atoms with van der Waals surface area (Å²) in [5, 5.41) is 0. The molecular formula is C14H19F2NO. The van der Waals surface area contributed by atoms with Crippen molar-refractivity contribution in [3.8, 4) is 0 Å². The number of benzene rings is 1. The summed E-state index contributed by atoms with van der Waals surface area (Å²) in [5.41, 5.74) is 5.43. The molecule has 0 atom stereocenters. The molecule has 0 saturated heterocycles. The molecule has 0 aliphatic rings. The molecule has 0 radical (unpaired) electrons. The second-order valence-electron chi connectivity index (χ2n) is 4.43. The van der Waals surface area contributed by atoms with Crippen LogP contribution in [0.1, 0.15) is 48.0 Å². The Morgan fingerprint density at radius 2 is 1.78 bits per heavy atom. The molecule has 1 rings (SSSR count). The van der Waals surface area contributed by atoms with E-state index in [9.17, 15) is 13.6 Å². The lowest BCUT2D eigenvalue weighted by Gasteiger charge is -2.05. The van der Waals surface area contributed by atoms with E-state index in [4.69, 9.17) is 5.73 Å². The molecule has 0 amide bonds. The Bertz CT molecular complexity index is 419. The number of nitrogens with two attached hydrogens (primary N) is 1. The summed E-state index contributed by atoms with van der Waals surface area (Å²) in [6, 6.07) is 2.79. The number of halogens is 2. The number of hydrogen-bond donors (Lipinski definition) is 1. The van der Waals surface area contributed by atoms with Crippen LogP contribution in [0.3, 0.4) is 0 Å². The van der Waals surface area contributed by atoms with Crippen molar-refractivity contribution in [3.05, 3.63) is 34.9 Å². The van der Waals surface area contributed by atoms with Crippen LogP contribution in [0, 0.1) is 18.6 Å². The minimum absolute atomic E-state index is 0.142. The SMILES string of the molecule is Cc1ccc(C(=O)CCCCCCN)c(F)c1F. The molecule has 0 fully saturated rings. The fourth-order valence-electron chi connectivity index (χ4n) is 1.78. The van der Waals surface area contributed by atoms with Crippen molar-refractivity contribution in [1.29, 1.82) is 0 Å². The van der Waals surface area contributed by atoms with Gasteiger partial charge in [-0.2, -0.15) is 0 Å². The third kappa shape index (κ3) is 3.88. The first kappa shape index (κ1) is 14.8. The maximum absolute atomic E-state index is 13.5. The highest BCUT2D eigenvalue weighted by Gasteiger charge is 2.16. The van der Waals surface area contributed by atoms with E-state index in [1.165, 1.54) is 19.1 Å². The molecule has 0 bridgehead atoms. The van der Waals surface area contributed by atoms with E-state index in [0.717, 1.165) is 19.3 Å². The smallest absolute Gasteiger partial charge is 0.169 e. The van der Waals surface area contributed by atoms with Crippen molar-refractivity contribution in [2.75, 3.05) is 6.54 Å². The molecule has 0 spiro atoms. The number of ketones is 1. The fraction of sp³-hybridized carbons (Fsp3) is 0.500. The molecule has 0 saturated carbocycles. The fourth-order valence-corrected chi connectivity index (χ4v) is 1.78. The lowest BCUT2D eigenvalue weighted by Crippen LogP contribution is -2.05. The van der Waals surface area contributed by atoms with Crippen LogP contribution in [0.2, 0.25) is 0 Å². The largest absolute Gasteiger partial charge is 0.330 e. The average Bonchev–Trinajstić information content (AvgIpc) is 2.35. The number of Topliss-reactive ketones (excluding diaryl/α,β-unsaturated/α-hetero) is 1. The molecule has 2 nitrogen and oxygen atoms in total. The van der Waals surface area contributed by atoms with Gasteiger partial charge in [-0.25, -0.2) is 8.78 Å². The van der Waals surface area contributed by atoms with Gasteiger partial charge in [0.15, 0.2) is 17.4 Å². The predicted octanol–water partition coefficient (Wildman–Crippen LogP) is 3.37. The predicted molar refractivity (Wildman–Crippen MR) is 67.6 cm³/mol. The van der Waals surface area contributed by atoms with Gasteiger partial charge in [-0.05, 0) is 37.9 Å². The molecule has 0 heterocycles. The second-order valence-corrected chi connectivity index (χ2v) is 4.43. The van der Waals surface area contributed by atoms with Crippen molar-refractivity contribution in [1.82, 2.24) is 0 Å². The van der Waals surface area contributed by atoms with Crippen LogP contribution in [0.25, 0.3) is 0 Å². The summed E-state index contributed by atoms with van der Waals surface area (Å²) in [7, 11) is 0. The Balaban J connectivity index is 2.54. The monoisotopic (exact) mass is 255 g/mol. The van der Waals surface area contributed by atoms with Crippen molar-refractivity contribution in [2.45, 2.75) is 39.0 Å². The van der Waals surface area contributed by atoms with Gasteiger partial charge in [0, 0.05) is 6.42 Å². The number of rotatable bonds is 7. The molecular weight excluding hydrogens is 236 g/mol. The van der Waals surface area contributed by atoms with Gasteiger partial charge in [-0.1, -0.05) is 18.9 Å². The standard InChI is InChI=1S/C14H19F2NO/c1-10-7-8-11(14(16)13(10)15)12(18)6-4-2-3-5-9-17/h7-8H,2-6,9,17H2,1H3. The molecule has 0 aliphatic carbocycles. The molecule has 1 aromatic rings. The van der Waals surface area contributed by atoms with E-state index in [1.54, 1.807) is 0 Å². The zero-order valence-corrected chi connectivity index (χ0v) is 10.6. The van der Waals surface area contributed by atoms with Gasteiger partial charge in [0.2, 0.25) is 0 Å². The van der Waals surface area contributed by atoms with Gasteiger partial charge in [-0.3, -0.25) is 4.79 Å². The van der Waals surface area contributed by atoms with Gasteiger partial charge < -0.3 is 5.73 Å². The summed E-state index contributed by atoms with van der Waals surface area (Å²) >= 11 is 0. The second kappa shape index (κ2) is 7.21. The van der Waals surface area contributed by atoms with E-state index in [2.05, 4.69) is 0 Å². The Labute approximate surface area is 106 Å². The average molecular weight is 255 g/mol. The van der Waals surface area contributed by atoms with E-state index in [-0.39, 0.29) is 23.3 Å². The van der Waals surface area contributed by atoms with E-state index in [0.29, 0.717) is 13.0 Å². The molecule has 0 aromatic heterocycles. The van der Waals surface area contributed by atoms with Crippen LogP contribution < -0.4 is 5.73 Å². The van der Waals surface area contributed by atoms with Gasteiger partial charge >= 0.3 is 0 Å². The summed E-state index contributed by atoms with van der Waals surface area (Å²) in [6.45, 7) is 2.12. The first-order valence-electron chi connectivity index (χ1n) is 6.25. The zero-order chi connectivity index (χ0) is 13.5. The molecule has 4 heteroatoms. The van der Waals surface area contributed by atoms with Crippen LogP contribution in [-0.4, -0.2) is 12.3 Å². The van der Waals surface area contributed by atoms with Gasteiger partial charge in [0.1, 0.15) is 0 Å². The van der Waals surface area contributed by atoms with Crippen molar-refractivity contribution in [2.24, 2.45) is 5.73 Å². The lowest BCUT2D eigenvalue weighted by molar-refractivity contribution is 0.0974. The third-order valence-electron chi connectivity index (χ3n) is 2.93. The van der Waals surface area contributed by atoms with Crippen molar-refractivity contribution in [3.63, 3.8) is 0 Å². The van der Waals surface area contributed by atoms with Crippen molar-refractivity contribution < 1.29 is 13.6 Å². The molecule has 0 aliphatic heterocycles. The van der Waals surface area contributed by atoms with Gasteiger partial charge in [0.05, 0.1) is 5.56 Å². The van der Waals surface area contributed by atoms with Crippen LogP contribution >= 0.6 is 0 Å². The minimum atomic E-state index is -1.03. The number of aryl methyl sites for hydroxylation is 1. The lowest BCUT2D eigenvalue weighted by atomic mass is 10.0. The summed E-state index contributed by atoms with van der Waals surface area (Å²) in [6.07, 6.45) is 3.73. The van der Waals surface area contributed by atoms with Crippen molar-refractivity contribution >= 4 is 5.78 Å². The normalized spacial score (nSPS) is 10.7. The quantitative estimate of drug-likeness (QED) is 0.599. The highest BCUT2D eigenvalue weighted by molar-refractivity contribution is 5.96. The maximum Gasteiger partial charge on any atom is 0.169 e. The highest BCUT2D eigenvalue weighted by Crippen LogP contribution is 2.18. The molecule has 18 heavy (non-hydrogen) atoms. The molecule has 100 valence electrons. The van der Waals surface area contributed by atoms with Gasteiger partial charge in [-0.15, -0.1) is 0 Å². The minimum Gasteiger partial charge on any atom is -0.330 e. The summed E-state index contributed by atoms with van der Waals surface area (Å²) in [4.78, 5) is 11.7. The number of unbranched alkanes of at least 4 members (excludes halogenated alkanes) is 3. The van der Waals surface area contributed by atoms with Crippen LogP contribution in [0.5, 0.6) is 0 Å². The maximum atomic E-state index is 13.5. The topological polar surface area (TPSA) is 43.1 Å². The molecule has 2 N–H and O–H groups in total. The van der Waals surface area contributed by atoms with Crippen LogP contribution in [-0.2, 0) is 0 Å². The number of carbonyl (C=O) groups is 1. The number of carbonyl (C=O) groups excluding carboxylic acids is 1. The molecule has 0 unspecified atom stereocenters. The Hall–Kier alpha value is -1.29. The summed E-state index contributed by atoms with van der Waals surface area (Å²) < 4.78 is 26.8. The Kier molecular flexibility index (Phi) is 5.92. The van der Waals surface area contributed by atoms with Crippen LogP contribution in [0.15, 0.2) is 12.1 Å². The number of hydrogen-bond acceptors (Lipinski definition) is 2. The van der Waals surface area contributed by atoms with E-state index in [1.807, 2.05) is 0 Å². The van der Waals surface area contributed by atoms with Crippen LogP contribution in [0.4, 0.5) is 8.78 Å². The third-order valence-corrected chi connectivity index (χ3v) is 2.93. The Morgan fingerprint density at radius 1 is 1.11 bits per heavy atom. The Morgan fingerprint density at radius 3 is 2.44 bits per heavy atom. The van der Waals surface area contributed by atoms with E-state index < -0.39 is 11.6 Å². The highest BCUT2D eigenvalue weighted by atomic mass is 19.2. The van der Waals surface area contributed by atoms with Gasteiger partial charge in [0.25, 0.3) is 0 Å². The first-order valence-corrected chi connectivity index (χ1v) is 6.25. The van der Waals surface area contributed by atoms with E-state index >= 15 is 0 Å². The summed E-state index contributed by atoms with van der Waals surface area (Å²) in [5.74, 6) is -2.29. The first-order chi connectivity index (χ1) is 8.57. The zero-order valence-electron chi connectivity index (χ0n) is 10.6. The molecule has 1 aromatic carbocycles.